The number of rotatable bonds is 6. The fourth-order valence-corrected chi connectivity index (χ4v) is 4.56. The highest BCUT2D eigenvalue weighted by molar-refractivity contribution is 9.10. The molecule has 2 unspecified atom stereocenters. The van der Waals surface area contributed by atoms with Crippen LogP contribution in [0.4, 0.5) is 0 Å². The van der Waals surface area contributed by atoms with Gasteiger partial charge in [0, 0.05) is 22.4 Å². The monoisotopic (exact) mass is 346 g/mol. The Kier molecular flexibility index (Phi) is 6.33. The van der Waals surface area contributed by atoms with E-state index >= 15 is 0 Å². The SMILES string of the molecule is CCOC(C(O)Cc1sccc1Br)C1CCCCC1. The van der Waals surface area contributed by atoms with Gasteiger partial charge in [-0.1, -0.05) is 19.3 Å². The van der Waals surface area contributed by atoms with E-state index in [4.69, 9.17) is 4.74 Å². The summed E-state index contributed by atoms with van der Waals surface area (Å²) in [6.45, 7) is 2.70. The molecule has 1 N–H and O–H groups in total. The van der Waals surface area contributed by atoms with Gasteiger partial charge in [0.2, 0.25) is 0 Å². The molecule has 0 bridgehead atoms. The Labute approximate surface area is 128 Å². The van der Waals surface area contributed by atoms with Crippen LogP contribution in [0.1, 0.15) is 43.9 Å². The molecular formula is C15H23BrO2S. The van der Waals surface area contributed by atoms with Crippen LogP contribution in [0.2, 0.25) is 0 Å². The summed E-state index contributed by atoms with van der Waals surface area (Å²) < 4.78 is 6.98. The largest absolute Gasteiger partial charge is 0.390 e. The van der Waals surface area contributed by atoms with Gasteiger partial charge in [-0.2, -0.15) is 0 Å². The first kappa shape index (κ1) is 15.5. The average molecular weight is 347 g/mol. The van der Waals surface area contributed by atoms with Crippen molar-refractivity contribution in [1.29, 1.82) is 0 Å². The fraction of sp³-hybridized carbons (Fsp3) is 0.733. The molecule has 0 amide bonds. The van der Waals surface area contributed by atoms with Crippen LogP contribution in [0.25, 0.3) is 0 Å². The Morgan fingerprint density at radius 1 is 1.42 bits per heavy atom. The lowest BCUT2D eigenvalue weighted by molar-refractivity contribution is -0.0713. The third-order valence-electron chi connectivity index (χ3n) is 3.94. The number of aliphatic hydroxyl groups excluding tert-OH is 1. The van der Waals surface area contributed by atoms with E-state index in [0.717, 1.165) is 4.47 Å². The maximum atomic E-state index is 10.5. The summed E-state index contributed by atoms with van der Waals surface area (Å²) in [5.41, 5.74) is 0. The van der Waals surface area contributed by atoms with Gasteiger partial charge < -0.3 is 9.84 Å². The van der Waals surface area contributed by atoms with E-state index in [1.165, 1.54) is 37.0 Å². The van der Waals surface area contributed by atoms with Crippen molar-refractivity contribution < 1.29 is 9.84 Å². The van der Waals surface area contributed by atoms with Gasteiger partial charge >= 0.3 is 0 Å². The third-order valence-corrected chi connectivity index (χ3v) is 5.89. The summed E-state index contributed by atoms with van der Waals surface area (Å²) in [6.07, 6.45) is 6.60. The Balaban J connectivity index is 1.98. The minimum absolute atomic E-state index is 0.000648. The van der Waals surface area contributed by atoms with Gasteiger partial charge in [0.25, 0.3) is 0 Å². The number of thiophene rings is 1. The van der Waals surface area contributed by atoms with Gasteiger partial charge in [0.15, 0.2) is 0 Å². The van der Waals surface area contributed by atoms with Crippen LogP contribution in [-0.2, 0) is 11.2 Å². The van der Waals surface area contributed by atoms with E-state index < -0.39 is 6.10 Å². The van der Waals surface area contributed by atoms with E-state index in [9.17, 15) is 5.11 Å². The standard InChI is InChI=1S/C15H23BrO2S/c1-2-18-15(11-6-4-3-5-7-11)13(17)10-14-12(16)8-9-19-14/h8-9,11,13,15,17H,2-7,10H2,1H3. The van der Waals surface area contributed by atoms with E-state index in [1.807, 2.05) is 13.0 Å². The highest BCUT2D eigenvalue weighted by Gasteiger charge is 2.30. The smallest absolute Gasteiger partial charge is 0.0865 e. The van der Waals surface area contributed by atoms with Crippen LogP contribution in [0, 0.1) is 5.92 Å². The summed E-state index contributed by atoms with van der Waals surface area (Å²) in [5.74, 6) is 0.530. The molecule has 4 heteroatoms. The summed E-state index contributed by atoms with van der Waals surface area (Å²) in [5, 5.41) is 12.6. The fourth-order valence-electron chi connectivity index (χ4n) is 2.99. The van der Waals surface area contributed by atoms with Gasteiger partial charge in [-0.15, -0.1) is 11.3 Å². The quantitative estimate of drug-likeness (QED) is 0.827. The lowest BCUT2D eigenvalue weighted by Gasteiger charge is -2.33. The molecule has 1 saturated carbocycles. The molecule has 0 spiro atoms. The molecule has 19 heavy (non-hydrogen) atoms. The molecule has 1 aromatic heterocycles. The van der Waals surface area contributed by atoms with Crippen molar-refractivity contribution in [3.63, 3.8) is 0 Å². The highest BCUT2D eigenvalue weighted by atomic mass is 79.9. The van der Waals surface area contributed by atoms with E-state index in [-0.39, 0.29) is 6.10 Å². The Morgan fingerprint density at radius 3 is 2.74 bits per heavy atom. The van der Waals surface area contributed by atoms with Crippen molar-refractivity contribution in [1.82, 2.24) is 0 Å². The van der Waals surface area contributed by atoms with E-state index in [0.29, 0.717) is 18.9 Å². The number of hydrogen-bond donors (Lipinski definition) is 1. The summed E-state index contributed by atoms with van der Waals surface area (Å²) in [6, 6.07) is 2.04. The predicted octanol–water partition coefficient (Wildman–Crippen LogP) is 4.40. The summed E-state index contributed by atoms with van der Waals surface area (Å²) >= 11 is 5.23. The van der Waals surface area contributed by atoms with Crippen molar-refractivity contribution in [3.8, 4) is 0 Å². The number of halogens is 1. The minimum Gasteiger partial charge on any atom is -0.390 e. The predicted molar refractivity (Wildman–Crippen MR) is 83.7 cm³/mol. The first-order valence-electron chi connectivity index (χ1n) is 7.24. The zero-order chi connectivity index (χ0) is 13.7. The molecule has 0 aromatic carbocycles. The van der Waals surface area contributed by atoms with Crippen LogP contribution in [0.3, 0.4) is 0 Å². The second kappa shape index (κ2) is 7.77. The lowest BCUT2D eigenvalue weighted by atomic mass is 9.82. The molecule has 1 heterocycles. The van der Waals surface area contributed by atoms with Gasteiger partial charge in [-0.25, -0.2) is 0 Å². The molecule has 108 valence electrons. The van der Waals surface area contributed by atoms with Gasteiger partial charge in [-0.3, -0.25) is 0 Å². The van der Waals surface area contributed by atoms with Gasteiger partial charge in [-0.05, 0) is 53.1 Å². The Hall–Kier alpha value is 0.100. The lowest BCUT2D eigenvalue weighted by Crippen LogP contribution is -2.38. The molecule has 1 aliphatic carbocycles. The van der Waals surface area contributed by atoms with E-state index in [1.54, 1.807) is 11.3 Å². The van der Waals surface area contributed by atoms with Crippen molar-refractivity contribution in [3.05, 3.63) is 20.8 Å². The second-order valence-electron chi connectivity index (χ2n) is 5.28. The molecular weight excluding hydrogens is 324 g/mol. The van der Waals surface area contributed by atoms with Gasteiger partial charge in [0.1, 0.15) is 0 Å². The van der Waals surface area contributed by atoms with Crippen molar-refractivity contribution in [2.45, 2.75) is 57.7 Å². The zero-order valence-corrected chi connectivity index (χ0v) is 13.9. The maximum Gasteiger partial charge on any atom is 0.0865 e. The summed E-state index contributed by atoms with van der Waals surface area (Å²) in [7, 11) is 0. The minimum atomic E-state index is -0.391. The number of aliphatic hydroxyl groups is 1. The molecule has 1 aliphatic rings. The molecule has 0 radical (unpaired) electrons. The normalized spacial score (nSPS) is 20.4. The second-order valence-corrected chi connectivity index (χ2v) is 7.14. The van der Waals surface area contributed by atoms with Crippen molar-refractivity contribution >= 4 is 27.3 Å². The van der Waals surface area contributed by atoms with Crippen LogP contribution < -0.4 is 0 Å². The Morgan fingerprint density at radius 2 is 2.16 bits per heavy atom. The zero-order valence-electron chi connectivity index (χ0n) is 11.5. The van der Waals surface area contributed by atoms with Crippen molar-refractivity contribution in [2.75, 3.05) is 6.61 Å². The molecule has 2 rings (SSSR count). The number of ether oxygens (including phenoxy) is 1. The topological polar surface area (TPSA) is 29.5 Å². The average Bonchev–Trinajstić information content (AvgIpc) is 2.82. The maximum absolute atomic E-state index is 10.5. The van der Waals surface area contributed by atoms with E-state index in [2.05, 4.69) is 21.3 Å². The first-order valence-corrected chi connectivity index (χ1v) is 8.91. The van der Waals surface area contributed by atoms with Gasteiger partial charge in [0.05, 0.1) is 12.2 Å². The first-order chi connectivity index (χ1) is 9.22. The van der Waals surface area contributed by atoms with Crippen LogP contribution in [-0.4, -0.2) is 23.9 Å². The molecule has 1 fully saturated rings. The molecule has 1 aromatic rings. The van der Waals surface area contributed by atoms with Crippen molar-refractivity contribution in [2.24, 2.45) is 5.92 Å². The highest BCUT2D eigenvalue weighted by Crippen LogP contribution is 2.32. The third kappa shape index (κ3) is 4.28. The molecule has 2 nitrogen and oxygen atoms in total. The molecule has 2 atom stereocenters. The number of hydrogen-bond acceptors (Lipinski definition) is 3. The van der Waals surface area contributed by atoms with Crippen LogP contribution >= 0.6 is 27.3 Å². The molecule has 0 aliphatic heterocycles. The van der Waals surface area contributed by atoms with Crippen LogP contribution in [0.15, 0.2) is 15.9 Å². The summed E-state index contributed by atoms with van der Waals surface area (Å²) in [4.78, 5) is 1.22. The Bertz CT molecular complexity index is 374. The van der Waals surface area contributed by atoms with Crippen LogP contribution in [0.5, 0.6) is 0 Å². The molecule has 0 saturated heterocycles.